The summed E-state index contributed by atoms with van der Waals surface area (Å²) >= 11 is 4.33. The smallest absolute Gasteiger partial charge is 0.0311 e. The summed E-state index contributed by atoms with van der Waals surface area (Å²) in [5, 5.41) is 0.286. The van der Waals surface area contributed by atoms with Crippen LogP contribution in [-0.4, -0.2) is 4.98 Å². The highest BCUT2D eigenvalue weighted by Crippen LogP contribution is 2.18. The fraction of sp³-hybridized carbons (Fsp3) is 0.444. The molecule has 1 aromatic rings. The molecule has 1 atom stereocenters. The molecule has 0 saturated heterocycles. The Labute approximate surface area is 73.3 Å². The van der Waals surface area contributed by atoms with E-state index < -0.39 is 0 Å². The van der Waals surface area contributed by atoms with Crippen LogP contribution >= 0.6 is 12.6 Å². The highest BCUT2D eigenvalue weighted by Gasteiger charge is 1.99. The first kappa shape index (κ1) is 8.60. The molecular formula is C9H13NS. The Balaban J connectivity index is 2.91. The molecule has 0 bridgehead atoms. The van der Waals surface area contributed by atoms with Crippen molar-refractivity contribution in [1.29, 1.82) is 0 Å². The Morgan fingerprint density at radius 1 is 1.55 bits per heavy atom. The van der Waals surface area contributed by atoms with Crippen molar-refractivity contribution in [3.63, 3.8) is 0 Å². The zero-order valence-corrected chi connectivity index (χ0v) is 7.81. The predicted octanol–water partition coefficient (Wildman–Crippen LogP) is 2.63. The van der Waals surface area contributed by atoms with Crippen molar-refractivity contribution in [3.05, 3.63) is 29.6 Å². The molecule has 0 aliphatic heterocycles. The van der Waals surface area contributed by atoms with Gasteiger partial charge in [-0.3, -0.25) is 4.98 Å². The van der Waals surface area contributed by atoms with Gasteiger partial charge in [0.25, 0.3) is 0 Å². The molecule has 11 heavy (non-hydrogen) atoms. The summed E-state index contributed by atoms with van der Waals surface area (Å²) in [6.07, 6.45) is 4.82. The van der Waals surface area contributed by atoms with Crippen LogP contribution in [-0.2, 0) is 6.42 Å². The van der Waals surface area contributed by atoms with Crippen LogP contribution in [0.25, 0.3) is 0 Å². The Morgan fingerprint density at radius 2 is 2.27 bits per heavy atom. The molecule has 60 valence electrons. The predicted molar refractivity (Wildman–Crippen MR) is 51.0 cm³/mol. The Bertz CT molecular complexity index is 233. The lowest BCUT2D eigenvalue weighted by molar-refractivity contribution is 1.03. The molecule has 0 fully saturated rings. The summed E-state index contributed by atoms with van der Waals surface area (Å²) in [4.78, 5) is 4.13. The largest absolute Gasteiger partial charge is 0.264 e. The molecule has 1 rings (SSSR count). The van der Waals surface area contributed by atoms with Gasteiger partial charge in [-0.2, -0.15) is 12.6 Å². The molecule has 0 aliphatic rings. The van der Waals surface area contributed by atoms with Gasteiger partial charge in [0.1, 0.15) is 0 Å². The van der Waals surface area contributed by atoms with Gasteiger partial charge in [0.15, 0.2) is 0 Å². The van der Waals surface area contributed by atoms with E-state index in [4.69, 9.17) is 0 Å². The third-order valence-electron chi connectivity index (χ3n) is 1.71. The van der Waals surface area contributed by atoms with Crippen LogP contribution in [0.4, 0.5) is 0 Å². The second kappa shape index (κ2) is 3.77. The minimum Gasteiger partial charge on any atom is -0.264 e. The lowest BCUT2D eigenvalue weighted by atomic mass is 10.1. The van der Waals surface area contributed by atoms with E-state index >= 15 is 0 Å². The van der Waals surface area contributed by atoms with Gasteiger partial charge in [-0.1, -0.05) is 13.0 Å². The molecule has 1 aromatic heterocycles. The van der Waals surface area contributed by atoms with Crippen LogP contribution in [0.5, 0.6) is 0 Å². The van der Waals surface area contributed by atoms with Crippen molar-refractivity contribution in [2.24, 2.45) is 0 Å². The normalized spacial score (nSPS) is 13.0. The first-order chi connectivity index (χ1) is 5.24. The second-order valence-electron chi connectivity index (χ2n) is 2.66. The van der Waals surface area contributed by atoms with Gasteiger partial charge >= 0.3 is 0 Å². The van der Waals surface area contributed by atoms with E-state index in [0.717, 1.165) is 6.42 Å². The fourth-order valence-electron chi connectivity index (χ4n) is 0.930. The van der Waals surface area contributed by atoms with E-state index in [9.17, 15) is 0 Å². The van der Waals surface area contributed by atoms with Gasteiger partial charge < -0.3 is 0 Å². The monoisotopic (exact) mass is 167 g/mol. The molecular weight excluding hydrogens is 154 g/mol. The van der Waals surface area contributed by atoms with Crippen molar-refractivity contribution in [1.82, 2.24) is 4.98 Å². The van der Waals surface area contributed by atoms with Crippen LogP contribution in [0.15, 0.2) is 18.5 Å². The standard InChI is InChI=1S/C9H13NS/c1-3-8-4-9(7(2)11)6-10-5-8/h4-7,11H,3H2,1-2H3. The first-order valence-electron chi connectivity index (χ1n) is 3.86. The Hall–Kier alpha value is -0.500. The van der Waals surface area contributed by atoms with Crippen LogP contribution in [0.1, 0.15) is 30.2 Å². The van der Waals surface area contributed by atoms with Gasteiger partial charge in [0.05, 0.1) is 0 Å². The number of aryl methyl sites for hydroxylation is 1. The van der Waals surface area contributed by atoms with Crippen LogP contribution in [0.2, 0.25) is 0 Å². The number of nitrogens with zero attached hydrogens (tertiary/aromatic N) is 1. The maximum Gasteiger partial charge on any atom is 0.0311 e. The summed E-state index contributed by atoms with van der Waals surface area (Å²) < 4.78 is 0. The molecule has 1 nitrogen and oxygen atoms in total. The average Bonchev–Trinajstić information content (AvgIpc) is 2.05. The van der Waals surface area contributed by atoms with Gasteiger partial charge in [0, 0.05) is 17.6 Å². The number of thiol groups is 1. The zero-order valence-electron chi connectivity index (χ0n) is 6.91. The minimum atomic E-state index is 0.286. The zero-order chi connectivity index (χ0) is 8.27. The van der Waals surface area contributed by atoms with Crippen LogP contribution in [0, 0.1) is 0 Å². The molecule has 0 radical (unpaired) electrons. The third-order valence-corrected chi connectivity index (χ3v) is 2.00. The molecule has 2 heteroatoms. The summed E-state index contributed by atoms with van der Waals surface area (Å²) in [5.74, 6) is 0. The summed E-state index contributed by atoms with van der Waals surface area (Å²) in [5.41, 5.74) is 2.48. The van der Waals surface area contributed by atoms with Crippen molar-refractivity contribution >= 4 is 12.6 Å². The first-order valence-corrected chi connectivity index (χ1v) is 4.37. The highest BCUT2D eigenvalue weighted by atomic mass is 32.1. The Kier molecular flexibility index (Phi) is 2.94. The van der Waals surface area contributed by atoms with Crippen LogP contribution in [0.3, 0.4) is 0 Å². The van der Waals surface area contributed by atoms with Crippen LogP contribution < -0.4 is 0 Å². The van der Waals surface area contributed by atoms with E-state index in [1.807, 2.05) is 12.4 Å². The molecule has 0 spiro atoms. The number of aromatic nitrogens is 1. The lowest BCUT2D eigenvalue weighted by Crippen LogP contribution is -1.89. The summed E-state index contributed by atoms with van der Waals surface area (Å²) in [6.45, 7) is 4.18. The lowest BCUT2D eigenvalue weighted by Gasteiger charge is -2.04. The van der Waals surface area contributed by atoms with E-state index in [1.54, 1.807) is 0 Å². The number of hydrogen-bond donors (Lipinski definition) is 1. The second-order valence-corrected chi connectivity index (χ2v) is 3.43. The number of pyridine rings is 1. The quantitative estimate of drug-likeness (QED) is 0.668. The van der Waals surface area contributed by atoms with E-state index in [1.165, 1.54) is 11.1 Å². The molecule has 0 N–H and O–H groups in total. The fourth-order valence-corrected chi connectivity index (χ4v) is 1.07. The molecule has 0 amide bonds. The average molecular weight is 167 g/mol. The van der Waals surface area contributed by atoms with Gasteiger partial charge in [0.2, 0.25) is 0 Å². The van der Waals surface area contributed by atoms with Gasteiger partial charge in [-0.15, -0.1) is 0 Å². The highest BCUT2D eigenvalue weighted by molar-refractivity contribution is 7.80. The maximum absolute atomic E-state index is 4.33. The van der Waals surface area contributed by atoms with Gasteiger partial charge in [-0.25, -0.2) is 0 Å². The van der Waals surface area contributed by atoms with E-state index in [2.05, 4.69) is 37.5 Å². The van der Waals surface area contributed by atoms with E-state index in [-0.39, 0.29) is 5.25 Å². The molecule has 1 unspecified atom stereocenters. The van der Waals surface area contributed by atoms with Crippen molar-refractivity contribution in [2.45, 2.75) is 25.5 Å². The van der Waals surface area contributed by atoms with Crippen molar-refractivity contribution < 1.29 is 0 Å². The summed E-state index contributed by atoms with van der Waals surface area (Å²) in [6, 6.07) is 2.16. The van der Waals surface area contributed by atoms with Crippen molar-refractivity contribution in [2.75, 3.05) is 0 Å². The maximum atomic E-state index is 4.33. The Morgan fingerprint density at radius 3 is 2.82 bits per heavy atom. The molecule has 1 heterocycles. The number of rotatable bonds is 2. The topological polar surface area (TPSA) is 12.9 Å². The number of hydrogen-bond acceptors (Lipinski definition) is 2. The molecule has 0 aromatic carbocycles. The minimum absolute atomic E-state index is 0.286. The summed E-state index contributed by atoms with van der Waals surface area (Å²) in [7, 11) is 0. The van der Waals surface area contributed by atoms with Crippen molar-refractivity contribution in [3.8, 4) is 0 Å². The van der Waals surface area contributed by atoms with Gasteiger partial charge in [-0.05, 0) is 24.5 Å². The third kappa shape index (κ3) is 2.22. The SMILES string of the molecule is CCc1cncc(C(C)S)c1. The van der Waals surface area contributed by atoms with E-state index in [0.29, 0.717) is 0 Å². The molecule has 0 saturated carbocycles. The molecule has 0 aliphatic carbocycles.